The maximum atomic E-state index is 12.7. The molecular formula is C25H41N3O4. The smallest absolute Gasteiger partial charge is 0.407 e. The van der Waals surface area contributed by atoms with Crippen LogP contribution < -0.4 is 16.0 Å². The van der Waals surface area contributed by atoms with Gasteiger partial charge in [0.2, 0.25) is 5.91 Å². The molecule has 1 unspecified atom stereocenters. The van der Waals surface area contributed by atoms with Crippen LogP contribution in [0.5, 0.6) is 0 Å². The third-order valence-electron chi connectivity index (χ3n) is 5.41. The summed E-state index contributed by atoms with van der Waals surface area (Å²) in [5, 5.41) is 20.2. The molecule has 1 saturated carbocycles. The second-order valence-electron chi connectivity index (χ2n) is 10.8. The van der Waals surface area contributed by atoms with Crippen molar-refractivity contribution in [2.24, 2.45) is 5.92 Å². The lowest BCUT2D eigenvalue weighted by molar-refractivity contribution is -0.126. The molecule has 1 aromatic rings. The average molecular weight is 448 g/mol. The van der Waals surface area contributed by atoms with Crippen molar-refractivity contribution in [2.45, 2.75) is 96.6 Å². The summed E-state index contributed by atoms with van der Waals surface area (Å²) < 4.78 is 5.39. The van der Waals surface area contributed by atoms with Crippen LogP contribution in [0.4, 0.5) is 4.79 Å². The Hall–Kier alpha value is -2.12. The van der Waals surface area contributed by atoms with Gasteiger partial charge in [0.25, 0.3) is 0 Å². The zero-order valence-corrected chi connectivity index (χ0v) is 20.4. The lowest BCUT2D eigenvalue weighted by atomic mass is 9.98. The number of amides is 2. The summed E-state index contributed by atoms with van der Waals surface area (Å²) in [5.74, 6) is -0.0671. The second-order valence-corrected chi connectivity index (χ2v) is 10.8. The number of alkyl carbamates (subject to hydrolysis) is 1. The van der Waals surface area contributed by atoms with Crippen LogP contribution in [0.15, 0.2) is 30.3 Å². The molecule has 1 aliphatic rings. The van der Waals surface area contributed by atoms with E-state index in [9.17, 15) is 14.7 Å². The van der Waals surface area contributed by atoms with Gasteiger partial charge in [-0.3, -0.25) is 4.79 Å². The molecule has 32 heavy (non-hydrogen) atoms. The first-order chi connectivity index (χ1) is 14.8. The van der Waals surface area contributed by atoms with Gasteiger partial charge in [-0.1, -0.05) is 36.8 Å². The quantitative estimate of drug-likeness (QED) is 0.491. The molecule has 0 spiro atoms. The summed E-state index contributed by atoms with van der Waals surface area (Å²) in [6, 6.07) is 9.21. The number of ether oxygens (including phenoxy) is 1. The van der Waals surface area contributed by atoms with Crippen molar-refractivity contribution in [3.8, 4) is 0 Å². The number of rotatable bonds is 8. The standard InChI is InChI=1S/C25H41N3O4/c1-24(2,3)28-22(30)18-13-10-14-19(18)26-16-21(29)20(15-17-11-8-7-9-12-17)27-23(31)32-25(4,5)6/h7-9,11-12,18-21,26,29H,10,13-16H2,1-6H3,(H,27,31)(H,28,30)/t18-,19?,20+,21+/m1/s1. The number of aliphatic hydroxyl groups excluding tert-OH is 1. The predicted molar refractivity (Wildman–Crippen MR) is 126 cm³/mol. The molecule has 0 bridgehead atoms. The highest BCUT2D eigenvalue weighted by atomic mass is 16.6. The van der Waals surface area contributed by atoms with Gasteiger partial charge in [0.05, 0.1) is 18.1 Å². The van der Waals surface area contributed by atoms with Gasteiger partial charge in [0.1, 0.15) is 5.60 Å². The molecule has 180 valence electrons. The average Bonchev–Trinajstić information content (AvgIpc) is 3.12. The van der Waals surface area contributed by atoms with Crippen LogP contribution in [0.3, 0.4) is 0 Å². The van der Waals surface area contributed by atoms with Crippen molar-refractivity contribution in [3.05, 3.63) is 35.9 Å². The molecule has 0 aromatic heterocycles. The van der Waals surface area contributed by atoms with Gasteiger partial charge in [0.15, 0.2) is 0 Å². The van der Waals surface area contributed by atoms with Crippen LogP contribution >= 0.6 is 0 Å². The summed E-state index contributed by atoms with van der Waals surface area (Å²) in [4.78, 5) is 25.1. The van der Waals surface area contributed by atoms with Crippen LogP contribution in [0.25, 0.3) is 0 Å². The lowest BCUT2D eigenvalue weighted by Crippen LogP contribution is -2.53. The van der Waals surface area contributed by atoms with E-state index in [1.54, 1.807) is 20.8 Å². The van der Waals surface area contributed by atoms with Gasteiger partial charge in [-0.15, -0.1) is 0 Å². The predicted octanol–water partition coefficient (Wildman–Crippen LogP) is 3.16. The summed E-state index contributed by atoms with van der Waals surface area (Å²) in [5.41, 5.74) is 0.111. The van der Waals surface area contributed by atoms with Crippen molar-refractivity contribution in [2.75, 3.05) is 6.54 Å². The molecule has 1 aliphatic carbocycles. The second kappa shape index (κ2) is 11.1. The van der Waals surface area contributed by atoms with E-state index in [1.165, 1.54) is 0 Å². The maximum Gasteiger partial charge on any atom is 0.407 e. The highest BCUT2D eigenvalue weighted by molar-refractivity contribution is 5.80. The Kier molecular flexibility index (Phi) is 9.10. The first-order valence-corrected chi connectivity index (χ1v) is 11.6. The van der Waals surface area contributed by atoms with Crippen molar-refractivity contribution >= 4 is 12.0 Å². The summed E-state index contributed by atoms with van der Waals surface area (Å²) in [6.07, 6.45) is 1.77. The normalized spacial score (nSPS) is 21.0. The van der Waals surface area contributed by atoms with Crippen molar-refractivity contribution in [1.29, 1.82) is 0 Å². The van der Waals surface area contributed by atoms with E-state index >= 15 is 0 Å². The molecule has 0 saturated heterocycles. The molecular weight excluding hydrogens is 406 g/mol. The molecule has 7 heteroatoms. The van der Waals surface area contributed by atoms with Crippen LogP contribution in [0.1, 0.15) is 66.4 Å². The van der Waals surface area contributed by atoms with Gasteiger partial charge in [-0.25, -0.2) is 4.79 Å². The van der Waals surface area contributed by atoms with Gasteiger partial charge in [0, 0.05) is 18.1 Å². The van der Waals surface area contributed by atoms with Gasteiger partial charge in [-0.05, 0) is 66.4 Å². The largest absolute Gasteiger partial charge is 0.444 e. The van der Waals surface area contributed by atoms with Crippen molar-refractivity contribution in [1.82, 2.24) is 16.0 Å². The minimum Gasteiger partial charge on any atom is -0.444 e. The fourth-order valence-corrected chi connectivity index (χ4v) is 4.01. The number of aliphatic hydroxyl groups is 1. The Labute approximate surface area is 192 Å². The molecule has 4 atom stereocenters. The molecule has 1 aromatic carbocycles. The van der Waals surface area contributed by atoms with E-state index in [-0.39, 0.29) is 30.0 Å². The first-order valence-electron chi connectivity index (χ1n) is 11.6. The Balaban J connectivity index is 2.01. The summed E-state index contributed by atoms with van der Waals surface area (Å²) in [6.45, 7) is 11.6. The molecule has 0 radical (unpaired) electrons. The topological polar surface area (TPSA) is 99.7 Å². The van der Waals surface area contributed by atoms with E-state index in [2.05, 4.69) is 16.0 Å². The maximum absolute atomic E-state index is 12.7. The monoisotopic (exact) mass is 447 g/mol. The molecule has 2 rings (SSSR count). The van der Waals surface area contributed by atoms with E-state index in [0.717, 1.165) is 24.8 Å². The van der Waals surface area contributed by atoms with Crippen LogP contribution in [0.2, 0.25) is 0 Å². The van der Waals surface area contributed by atoms with Gasteiger partial charge in [-0.2, -0.15) is 0 Å². The minimum absolute atomic E-state index is 0.00546. The third kappa shape index (κ3) is 9.17. The molecule has 4 N–H and O–H groups in total. The zero-order valence-electron chi connectivity index (χ0n) is 20.4. The van der Waals surface area contributed by atoms with E-state index in [4.69, 9.17) is 4.74 Å². The molecule has 0 aliphatic heterocycles. The fourth-order valence-electron chi connectivity index (χ4n) is 4.01. The highest BCUT2D eigenvalue weighted by Crippen LogP contribution is 2.26. The van der Waals surface area contributed by atoms with Crippen LogP contribution in [0, 0.1) is 5.92 Å². The molecule has 7 nitrogen and oxygen atoms in total. The van der Waals surface area contributed by atoms with Gasteiger partial charge >= 0.3 is 6.09 Å². The third-order valence-corrected chi connectivity index (χ3v) is 5.41. The Morgan fingerprint density at radius 1 is 1.09 bits per heavy atom. The van der Waals surface area contributed by atoms with Crippen LogP contribution in [-0.4, -0.2) is 53.0 Å². The van der Waals surface area contributed by atoms with E-state index in [0.29, 0.717) is 6.42 Å². The fraction of sp³-hybridized carbons (Fsp3) is 0.680. The Morgan fingerprint density at radius 3 is 2.34 bits per heavy atom. The zero-order chi connectivity index (χ0) is 23.9. The number of carbonyl (C=O) groups excluding carboxylic acids is 2. The minimum atomic E-state index is -0.838. The van der Waals surface area contributed by atoms with Crippen LogP contribution in [-0.2, 0) is 16.0 Å². The number of nitrogens with one attached hydrogen (secondary N) is 3. The summed E-state index contributed by atoms with van der Waals surface area (Å²) in [7, 11) is 0. The SMILES string of the molecule is CC(C)(C)NC(=O)[C@@H]1CCCC1NC[C@H](O)[C@H](Cc1ccccc1)NC(=O)OC(C)(C)C. The van der Waals surface area contributed by atoms with Crippen molar-refractivity contribution < 1.29 is 19.4 Å². The summed E-state index contributed by atoms with van der Waals surface area (Å²) >= 11 is 0. The highest BCUT2D eigenvalue weighted by Gasteiger charge is 2.35. The Morgan fingerprint density at radius 2 is 1.75 bits per heavy atom. The number of carbonyl (C=O) groups is 2. The van der Waals surface area contributed by atoms with Gasteiger partial charge < -0.3 is 25.8 Å². The first kappa shape index (κ1) is 26.1. The number of hydrogen-bond acceptors (Lipinski definition) is 5. The molecule has 1 fully saturated rings. The van der Waals surface area contributed by atoms with Crippen molar-refractivity contribution in [3.63, 3.8) is 0 Å². The lowest BCUT2D eigenvalue weighted by Gasteiger charge is -2.29. The Bertz CT molecular complexity index is 740. The van der Waals surface area contributed by atoms with E-state index < -0.39 is 23.8 Å². The van der Waals surface area contributed by atoms with E-state index in [1.807, 2.05) is 51.1 Å². The molecule has 0 heterocycles. The number of hydrogen-bond donors (Lipinski definition) is 4. The molecule has 2 amide bonds. The number of benzene rings is 1.